The van der Waals surface area contributed by atoms with Crippen molar-refractivity contribution in [3.05, 3.63) is 23.4 Å². The van der Waals surface area contributed by atoms with E-state index in [9.17, 15) is 0 Å². The van der Waals surface area contributed by atoms with Crippen molar-refractivity contribution in [2.24, 2.45) is 5.73 Å². The highest BCUT2D eigenvalue weighted by Gasteiger charge is 2.29. The first-order chi connectivity index (χ1) is 9.28. The van der Waals surface area contributed by atoms with Crippen molar-refractivity contribution in [3.8, 4) is 0 Å². The SMILES string of the molecule is Cc1nc(N2CCN3CCCCC3C2)ccc1CN. The molecule has 2 aliphatic rings. The van der Waals surface area contributed by atoms with Gasteiger partial charge in [0.2, 0.25) is 0 Å². The molecule has 1 aromatic rings. The molecule has 2 N–H and O–H groups in total. The van der Waals surface area contributed by atoms with Crippen LogP contribution in [0.2, 0.25) is 0 Å². The Morgan fingerprint density at radius 2 is 2.16 bits per heavy atom. The Morgan fingerprint density at radius 3 is 2.95 bits per heavy atom. The summed E-state index contributed by atoms with van der Waals surface area (Å²) in [5.74, 6) is 1.12. The van der Waals surface area contributed by atoms with Gasteiger partial charge in [-0.05, 0) is 37.9 Å². The van der Waals surface area contributed by atoms with Crippen LogP contribution in [0, 0.1) is 6.92 Å². The van der Waals surface area contributed by atoms with E-state index in [4.69, 9.17) is 10.7 Å². The van der Waals surface area contributed by atoms with Gasteiger partial charge in [0.15, 0.2) is 0 Å². The molecule has 3 rings (SSSR count). The molecule has 2 fully saturated rings. The zero-order chi connectivity index (χ0) is 13.2. The van der Waals surface area contributed by atoms with Crippen LogP contribution in [0.3, 0.4) is 0 Å². The molecule has 0 spiro atoms. The minimum Gasteiger partial charge on any atom is -0.354 e. The highest BCUT2D eigenvalue weighted by Crippen LogP contribution is 2.24. The summed E-state index contributed by atoms with van der Waals surface area (Å²) < 4.78 is 0. The van der Waals surface area contributed by atoms with Gasteiger partial charge >= 0.3 is 0 Å². The van der Waals surface area contributed by atoms with Gasteiger partial charge in [-0.15, -0.1) is 0 Å². The van der Waals surface area contributed by atoms with Crippen LogP contribution >= 0.6 is 0 Å². The monoisotopic (exact) mass is 260 g/mol. The largest absolute Gasteiger partial charge is 0.354 e. The molecule has 104 valence electrons. The van der Waals surface area contributed by atoms with Crippen molar-refractivity contribution in [1.82, 2.24) is 9.88 Å². The fourth-order valence-electron chi connectivity index (χ4n) is 3.33. The van der Waals surface area contributed by atoms with Crippen molar-refractivity contribution in [2.75, 3.05) is 31.1 Å². The number of hydrogen-bond acceptors (Lipinski definition) is 4. The van der Waals surface area contributed by atoms with Gasteiger partial charge in [-0.3, -0.25) is 4.90 Å². The van der Waals surface area contributed by atoms with Crippen LogP contribution in [0.5, 0.6) is 0 Å². The highest BCUT2D eigenvalue weighted by molar-refractivity contribution is 5.42. The lowest BCUT2D eigenvalue weighted by molar-refractivity contribution is 0.133. The number of hydrogen-bond donors (Lipinski definition) is 1. The molecular formula is C15H24N4. The summed E-state index contributed by atoms with van der Waals surface area (Å²) in [6.45, 7) is 7.35. The minimum atomic E-state index is 0.579. The van der Waals surface area contributed by atoms with Crippen molar-refractivity contribution in [1.29, 1.82) is 0 Å². The lowest BCUT2D eigenvalue weighted by Gasteiger charge is -2.44. The smallest absolute Gasteiger partial charge is 0.128 e. The summed E-state index contributed by atoms with van der Waals surface area (Å²) in [7, 11) is 0. The highest BCUT2D eigenvalue weighted by atomic mass is 15.3. The van der Waals surface area contributed by atoms with Crippen molar-refractivity contribution in [2.45, 2.75) is 38.8 Å². The second kappa shape index (κ2) is 5.47. The fourth-order valence-corrected chi connectivity index (χ4v) is 3.33. The predicted octanol–water partition coefficient (Wildman–Crippen LogP) is 1.52. The summed E-state index contributed by atoms with van der Waals surface area (Å²) in [5, 5.41) is 0. The molecule has 3 heterocycles. The van der Waals surface area contributed by atoms with Gasteiger partial charge in [0.05, 0.1) is 0 Å². The number of pyridine rings is 1. The number of aryl methyl sites for hydroxylation is 1. The van der Waals surface area contributed by atoms with Crippen molar-refractivity contribution in [3.63, 3.8) is 0 Å². The Labute approximate surface area is 115 Å². The van der Waals surface area contributed by atoms with Gasteiger partial charge < -0.3 is 10.6 Å². The molecule has 1 atom stereocenters. The molecule has 0 aromatic carbocycles. The Morgan fingerprint density at radius 1 is 1.26 bits per heavy atom. The molecule has 1 aromatic heterocycles. The minimum absolute atomic E-state index is 0.579. The van der Waals surface area contributed by atoms with Crippen molar-refractivity contribution >= 4 is 5.82 Å². The third kappa shape index (κ3) is 2.60. The van der Waals surface area contributed by atoms with Gasteiger partial charge in [0.25, 0.3) is 0 Å². The predicted molar refractivity (Wildman–Crippen MR) is 78.3 cm³/mol. The first-order valence-electron chi connectivity index (χ1n) is 7.43. The first-order valence-corrected chi connectivity index (χ1v) is 7.43. The number of piperazine rings is 1. The van der Waals surface area contributed by atoms with Gasteiger partial charge in [-0.2, -0.15) is 0 Å². The summed E-state index contributed by atoms with van der Waals surface area (Å²) in [6.07, 6.45) is 4.10. The summed E-state index contributed by atoms with van der Waals surface area (Å²) >= 11 is 0. The van der Waals surface area contributed by atoms with Crippen LogP contribution in [0.1, 0.15) is 30.5 Å². The Kier molecular flexibility index (Phi) is 3.71. The zero-order valence-corrected chi connectivity index (χ0v) is 11.8. The second-order valence-electron chi connectivity index (χ2n) is 5.75. The quantitative estimate of drug-likeness (QED) is 0.876. The Hall–Kier alpha value is -1.13. The number of nitrogens with two attached hydrogens (primary N) is 1. The van der Waals surface area contributed by atoms with E-state index in [2.05, 4.69) is 28.9 Å². The normalized spacial score (nSPS) is 24.3. The van der Waals surface area contributed by atoms with Crippen LogP contribution < -0.4 is 10.6 Å². The van der Waals surface area contributed by atoms with Gasteiger partial charge in [0, 0.05) is 37.9 Å². The molecule has 0 amide bonds. The Balaban J connectivity index is 1.74. The molecule has 4 nitrogen and oxygen atoms in total. The third-order valence-electron chi connectivity index (χ3n) is 4.56. The molecule has 4 heteroatoms. The number of nitrogens with zero attached hydrogens (tertiary/aromatic N) is 3. The maximum Gasteiger partial charge on any atom is 0.128 e. The average Bonchev–Trinajstić information content (AvgIpc) is 2.46. The zero-order valence-electron chi connectivity index (χ0n) is 11.8. The molecule has 0 saturated carbocycles. The summed E-state index contributed by atoms with van der Waals surface area (Å²) in [4.78, 5) is 9.83. The molecule has 0 aliphatic carbocycles. The van der Waals surface area contributed by atoms with E-state index in [1.807, 2.05) is 0 Å². The van der Waals surface area contributed by atoms with Crippen LogP contribution in [0.25, 0.3) is 0 Å². The molecule has 1 unspecified atom stereocenters. The van der Waals surface area contributed by atoms with Gasteiger partial charge in [-0.25, -0.2) is 4.98 Å². The van der Waals surface area contributed by atoms with E-state index in [1.54, 1.807) is 0 Å². The van der Waals surface area contributed by atoms with E-state index in [0.29, 0.717) is 6.54 Å². The van der Waals surface area contributed by atoms with Crippen LogP contribution in [-0.4, -0.2) is 42.1 Å². The second-order valence-corrected chi connectivity index (χ2v) is 5.75. The lowest BCUT2D eigenvalue weighted by Crippen LogP contribution is -2.55. The molecule has 19 heavy (non-hydrogen) atoms. The number of aromatic nitrogens is 1. The third-order valence-corrected chi connectivity index (χ3v) is 4.56. The number of piperidine rings is 1. The molecule has 0 bridgehead atoms. The first kappa shape index (κ1) is 12.9. The number of anilines is 1. The average molecular weight is 260 g/mol. The Bertz CT molecular complexity index is 446. The molecule has 2 saturated heterocycles. The maximum atomic E-state index is 5.71. The van der Waals surface area contributed by atoms with E-state index >= 15 is 0 Å². The topological polar surface area (TPSA) is 45.4 Å². The fraction of sp³-hybridized carbons (Fsp3) is 0.667. The van der Waals surface area contributed by atoms with E-state index < -0.39 is 0 Å². The lowest BCUT2D eigenvalue weighted by atomic mass is 9.99. The molecule has 0 radical (unpaired) electrons. The standard InChI is InChI=1S/C15H24N4/c1-12-13(10-16)5-6-15(17-12)19-9-8-18-7-3-2-4-14(18)11-19/h5-6,14H,2-4,7-11,16H2,1H3. The number of rotatable bonds is 2. The maximum absolute atomic E-state index is 5.71. The van der Waals surface area contributed by atoms with Gasteiger partial charge in [0.1, 0.15) is 5.82 Å². The van der Waals surface area contributed by atoms with Gasteiger partial charge in [-0.1, -0.05) is 12.5 Å². The summed E-state index contributed by atoms with van der Waals surface area (Å²) in [5.41, 5.74) is 7.93. The number of fused-ring (bicyclic) bond motifs is 1. The summed E-state index contributed by atoms with van der Waals surface area (Å²) in [6, 6.07) is 5.00. The molecular weight excluding hydrogens is 236 g/mol. The van der Waals surface area contributed by atoms with E-state index in [-0.39, 0.29) is 0 Å². The van der Waals surface area contributed by atoms with Crippen LogP contribution in [0.15, 0.2) is 12.1 Å². The van der Waals surface area contributed by atoms with E-state index in [0.717, 1.165) is 36.2 Å². The van der Waals surface area contributed by atoms with Crippen LogP contribution in [-0.2, 0) is 6.54 Å². The van der Waals surface area contributed by atoms with E-state index in [1.165, 1.54) is 32.4 Å². The van der Waals surface area contributed by atoms with Crippen LogP contribution in [0.4, 0.5) is 5.82 Å². The molecule has 2 aliphatic heterocycles. The van der Waals surface area contributed by atoms with Crippen molar-refractivity contribution < 1.29 is 0 Å².